The second kappa shape index (κ2) is 9.08. The zero-order valence-electron chi connectivity index (χ0n) is 18.3. The molecule has 1 N–H and O–H groups in total. The molecule has 2 rings (SSSR count). The maximum absolute atomic E-state index is 15.5. The minimum Gasteiger partial charge on any atom is -0.462 e. The van der Waals surface area contributed by atoms with Gasteiger partial charge in [0.2, 0.25) is 0 Å². The van der Waals surface area contributed by atoms with Crippen LogP contribution in [-0.2, 0) is 23.8 Å². The molecule has 0 unspecified atom stereocenters. The number of halogens is 2. The van der Waals surface area contributed by atoms with Crippen LogP contribution in [0.4, 0.5) is 4.39 Å². The lowest BCUT2D eigenvalue weighted by molar-refractivity contribution is -0.177. The van der Waals surface area contributed by atoms with Crippen molar-refractivity contribution in [1.82, 2.24) is 9.55 Å². The van der Waals surface area contributed by atoms with E-state index >= 15 is 4.39 Å². The van der Waals surface area contributed by atoms with Crippen molar-refractivity contribution in [3.8, 4) is 0 Å². The lowest BCUT2D eigenvalue weighted by Gasteiger charge is -2.32. The molecule has 162 valence electrons. The van der Waals surface area contributed by atoms with Crippen LogP contribution in [0.1, 0.15) is 36.7 Å². The maximum Gasteiger partial charge on any atom is 0.330 e. The minimum absolute atomic E-state index is 0.664. The molecular formula is C18H24ClFN2O7. The molecule has 4 atom stereocenters. The smallest absolute Gasteiger partial charge is 0.330 e. The Morgan fingerprint density at radius 1 is 1.34 bits per heavy atom. The van der Waals surface area contributed by atoms with Crippen LogP contribution in [0.25, 0.3) is 0 Å². The lowest BCUT2D eigenvalue weighted by Crippen LogP contribution is -2.51. The quantitative estimate of drug-likeness (QED) is 0.503. The van der Waals surface area contributed by atoms with E-state index < -0.39 is 71.6 Å². The number of alkyl halides is 2. The normalized spacial score (nSPS) is 28.2. The molecule has 0 saturated carbocycles. The summed E-state index contributed by atoms with van der Waals surface area (Å²) in [5.41, 5.74) is -4.29. The Labute approximate surface area is 173 Å². The van der Waals surface area contributed by atoms with Crippen LogP contribution in [0.5, 0.6) is 0 Å². The number of carbonyl (C=O) groups is 2. The third kappa shape index (κ3) is 4.87. The molecule has 9 nitrogen and oxygen atoms in total. The van der Waals surface area contributed by atoms with E-state index in [0.717, 1.165) is 12.3 Å². The fourth-order valence-electron chi connectivity index (χ4n) is 2.49. The second-order valence-corrected chi connectivity index (χ2v) is 7.45. The van der Waals surface area contributed by atoms with E-state index in [2.05, 4.69) is 0 Å². The van der Waals surface area contributed by atoms with Crippen molar-refractivity contribution in [2.75, 3.05) is 12.4 Å². The van der Waals surface area contributed by atoms with Crippen molar-refractivity contribution in [3.05, 3.63) is 33.1 Å². The zero-order chi connectivity index (χ0) is 23.7. The van der Waals surface area contributed by atoms with Gasteiger partial charge in [-0.2, -0.15) is 0 Å². The molecule has 29 heavy (non-hydrogen) atoms. The van der Waals surface area contributed by atoms with Crippen molar-refractivity contribution in [1.29, 1.82) is 0 Å². The summed E-state index contributed by atoms with van der Waals surface area (Å²) in [5, 5.41) is 0. The standard InChI is InChI=1S/C18H24ClFN2O7/c1-9(2)15(24)27-8-18(7-19)13(28-16(25)10(3)4)12(20)14(29-18)22-6-5-11(23)21-17(22)26/h5-6,9-10,12-14H,7-8H2,1-4H3,(H,21,23,26)/t12-,13+,14-,18-/m1/s1/i8D2. The van der Waals surface area contributed by atoms with Crippen LogP contribution >= 0.6 is 11.6 Å². The fraction of sp³-hybridized carbons (Fsp3) is 0.667. The Morgan fingerprint density at radius 2 is 1.97 bits per heavy atom. The molecule has 1 aliphatic rings. The monoisotopic (exact) mass is 436 g/mol. The first-order valence-corrected chi connectivity index (χ1v) is 9.43. The Hall–Kier alpha value is -2.20. The molecule has 1 saturated heterocycles. The summed E-state index contributed by atoms with van der Waals surface area (Å²) in [5.74, 6) is -4.09. The predicted octanol–water partition coefficient (Wildman–Crippen LogP) is 1.15. The van der Waals surface area contributed by atoms with Gasteiger partial charge in [-0.15, -0.1) is 11.6 Å². The number of H-pyrrole nitrogens is 1. The van der Waals surface area contributed by atoms with Gasteiger partial charge in [0.1, 0.15) is 6.56 Å². The van der Waals surface area contributed by atoms with Gasteiger partial charge in [-0.05, 0) is 0 Å². The summed E-state index contributed by atoms with van der Waals surface area (Å²) < 4.78 is 48.5. The highest BCUT2D eigenvalue weighted by atomic mass is 35.5. The molecule has 0 amide bonds. The molecule has 1 aromatic rings. The summed E-state index contributed by atoms with van der Waals surface area (Å²) in [6.07, 6.45) is -5.16. The Morgan fingerprint density at radius 3 is 2.48 bits per heavy atom. The van der Waals surface area contributed by atoms with E-state index in [4.69, 9.17) is 28.6 Å². The molecule has 0 bridgehead atoms. The number of aromatic amines is 1. The van der Waals surface area contributed by atoms with Gasteiger partial charge in [-0.25, -0.2) is 9.18 Å². The molecule has 11 heteroatoms. The first kappa shape index (κ1) is 20.1. The van der Waals surface area contributed by atoms with Crippen LogP contribution in [0.3, 0.4) is 0 Å². The van der Waals surface area contributed by atoms with E-state index in [1.54, 1.807) is 0 Å². The highest BCUT2D eigenvalue weighted by Crippen LogP contribution is 2.42. The van der Waals surface area contributed by atoms with E-state index in [1.165, 1.54) is 27.7 Å². The molecule has 0 aliphatic carbocycles. The number of rotatable bonds is 7. The molecule has 1 aromatic heterocycles. The third-order valence-electron chi connectivity index (χ3n) is 4.19. The average Bonchev–Trinajstić information content (AvgIpc) is 2.95. The summed E-state index contributed by atoms with van der Waals surface area (Å²) in [6.45, 7) is 2.81. The fourth-order valence-corrected chi connectivity index (χ4v) is 2.75. The Bertz CT molecular complexity index is 951. The van der Waals surface area contributed by atoms with Gasteiger partial charge in [-0.1, -0.05) is 27.7 Å². The summed E-state index contributed by atoms with van der Waals surface area (Å²) in [4.78, 5) is 49.7. The van der Waals surface area contributed by atoms with E-state index in [-0.39, 0.29) is 0 Å². The average molecular weight is 437 g/mol. The molecule has 0 radical (unpaired) electrons. The van der Waals surface area contributed by atoms with E-state index in [0.29, 0.717) is 4.57 Å². The molecule has 2 heterocycles. The largest absolute Gasteiger partial charge is 0.462 e. The number of nitrogens with zero attached hydrogens (tertiary/aromatic N) is 1. The van der Waals surface area contributed by atoms with Gasteiger partial charge in [0.25, 0.3) is 5.56 Å². The van der Waals surface area contributed by atoms with Crippen LogP contribution in [-0.4, -0.2) is 51.8 Å². The van der Waals surface area contributed by atoms with Crippen LogP contribution < -0.4 is 11.2 Å². The number of esters is 2. The third-order valence-corrected chi connectivity index (χ3v) is 4.58. The van der Waals surface area contributed by atoms with E-state index in [9.17, 15) is 19.2 Å². The minimum atomic E-state index is -3.05. The van der Waals surface area contributed by atoms with Gasteiger partial charge in [-0.3, -0.25) is 23.9 Å². The van der Waals surface area contributed by atoms with Crippen LogP contribution in [0.15, 0.2) is 21.9 Å². The number of aromatic nitrogens is 2. The van der Waals surface area contributed by atoms with Crippen molar-refractivity contribution >= 4 is 23.5 Å². The predicted molar refractivity (Wildman–Crippen MR) is 100 cm³/mol. The second-order valence-electron chi connectivity index (χ2n) is 7.18. The molecule has 1 fully saturated rings. The summed E-state index contributed by atoms with van der Waals surface area (Å²) >= 11 is 5.99. The zero-order valence-corrected chi connectivity index (χ0v) is 17.1. The molecular weight excluding hydrogens is 411 g/mol. The number of ether oxygens (including phenoxy) is 3. The van der Waals surface area contributed by atoms with Crippen molar-refractivity contribution < 1.29 is 30.9 Å². The number of hydrogen-bond donors (Lipinski definition) is 1. The highest BCUT2D eigenvalue weighted by Gasteiger charge is 2.59. The highest BCUT2D eigenvalue weighted by molar-refractivity contribution is 6.18. The lowest BCUT2D eigenvalue weighted by atomic mass is 9.98. The van der Waals surface area contributed by atoms with Gasteiger partial charge < -0.3 is 14.2 Å². The first-order chi connectivity index (χ1) is 14.3. The molecule has 1 aliphatic heterocycles. The topological polar surface area (TPSA) is 117 Å². The number of carbonyl (C=O) groups excluding carboxylic acids is 2. The molecule has 0 aromatic carbocycles. The summed E-state index contributed by atoms with van der Waals surface area (Å²) in [7, 11) is 0. The van der Waals surface area contributed by atoms with Crippen molar-refractivity contribution in [2.24, 2.45) is 11.8 Å². The van der Waals surface area contributed by atoms with Gasteiger partial charge in [0.15, 0.2) is 24.1 Å². The van der Waals surface area contributed by atoms with Crippen LogP contribution in [0, 0.1) is 11.8 Å². The van der Waals surface area contributed by atoms with Crippen LogP contribution in [0.2, 0.25) is 0 Å². The number of nitrogens with one attached hydrogen (secondary N) is 1. The SMILES string of the molecule is [2H]C([2H])(OC(=O)C(C)C)[C@@]1(CCl)O[C@@H](n2ccc(=O)[nH]c2=O)[C@H](F)[C@@H]1OC(=O)C(C)C. The summed E-state index contributed by atoms with van der Waals surface area (Å²) in [6, 6.07) is 0.931. The first-order valence-electron chi connectivity index (χ1n) is 9.90. The Balaban J connectivity index is 2.60. The number of hydrogen-bond acceptors (Lipinski definition) is 7. The maximum atomic E-state index is 15.5. The van der Waals surface area contributed by atoms with Gasteiger partial charge in [0, 0.05) is 12.3 Å². The Kier molecular flexibility index (Phi) is 6.29. The van der Waals surface area contributed by atoms with Crippen molar-refractivity contribution in [3.63, 3.8) is 0 Å². The van der Waals surface area contributed by atoms with Gasteiger partial charge in [0.05, 0.1) is 20.5 Å². The van der Waals surface area contributed by atoms with Crippen molar-refractivity contribution in [2.45, 2.75) is 51.8 Å². The van der Waals surface area contributed by atoms with Gasteiger partial charge >= 0.3 is 17.6 Å². The molecule has 0 spiro atoms. The van der Waals surface area contributed by atoms with E-state index in [1.807, 2.05) is 4.98 Å².